The number of amides is 2. The summed E-state index contributed by atoms with van der Waals surface area (Å²) in [5, 5.41) is 0.837. The molecular weight excluding hydrogens is 776 g/mol. The van der Waals surface area contributed by atoms with Crippen molar-refractivity contribution in [2.75, 3.05) is 53.6 Å². The van der Waals surface area contributed by atoms with Crippen LogP contribution >= 0.6 is 15.9 Å². The molecular formula is C40H61BrN4O10. The molecule has 0 bridgehead atoms. The minimum absolute atomic E-state index is 0.0800. The summed E-state index contributed by atoms with van der Waals surface area (Å²) in [5.41, 5.74) is 0.414. The largest absolute Gasteiger partial charge is 0.481 e. The summed E-state index contributed by atoms with van der Waals surface area (Å²) in [4.78, 5) is 60.0. The number of pyridine rings is 2. The number of rotatable bonds is 9. The Labute approximate surface area is 335 Å². The number of aromatic nitrogens is 2. The zero-order valence-electron chi connectivity index (χ0n) is 34.3. The first kappa shape index (κ1) is 47.0. The van der Waals surface area contributed by atoms with Gasteiger partial charge in [0.25, 0.3) is 0 Å². The van der Waals surface area contributed by atoms with Crippen molar-refractivity contribution < 1.29 is 47.6 Å². The maximum absolute atomic E-state index is 12.8. The Balaban J connectivity index is 0.000000319. The Hall–Kier alpha value is -4.14. The average Bonchev–Trinajstić information content (AvgIpc) is 3.15. The number of alkyl halides is 1. The highest BCUT2D eigenvalue weighted by molar-refractivity contribution is 9.08. The van der Waals surface area contributed by atoms with E-state index in [1.807, 2.05) is 59.7 Å². The van der Waals surface area contributed by atoms with Gasteiger partial charge in [-0.05, 0) is 98.6 Å². The van der Waals surface area contributed by atoms with Gasteiger partial charge in [-0.3, -0.25) is 9.59 Å². The molecule has 2 fully saturated rings. The summed E-state index contributed by atoms with van der Waals surface area (Å²) < 4.78 is 31.1. The van der Waals surface area contributed by atoms with Crippen molar-refractivity contribution in [3.05, 3.63) is 47.8 Å². The second-order valence-electron chi connectivity index (χ2n) is 15.2. The van der Waals surface area contributed by atoms with Crippen LogP contribution in [0, 0.1) is 11.3 Å². The van der Waals surface area contributed by atoms with Gasteiger partial charge >= 0.3 is 24.1 Å². The first-order chi connectivity index (χ1) is 25.9. The van der Waals surface area contributed by atoms with E-state index in [1.54, 1.807) is 56.3 Å². The molecule has 308 valence electrons. The SMILES string of the molecule is CCOC(=O)C1(Cc2ccc(OC)nc2)CCN(C(=O)OC(C)(C)C)CC1.CCOC(=O)C1CCN(C(=O)OC(C)(C)C)CC1.COc1ccc(CBr)cn1. The summed E-state index contributed by atoms with van der Waals surface area (Å²) in [6, 6.07) is 7.51. The summed E-state index contributed by atoms with van der Waals surface area (Å²) in [6.07, 6.45) is 5.74. The number of carbonyl (C=O) groups is 4. The van der Waals surface area contributed by atoms with E-state index < -0.39 is 16.6 Å². The van der Waals surface area contributed by atoms with Crippen LogP contribution in [0.4, 0.5) is 9.59 Å². The molecule has 14 nitrogen and oxygen atoms in total. The fraction of sp³-hybridized carbons (Fsp3) is 0.650. The van der Waals surface area contributed by atoms with E-state index in [0.29, 0.717) is 83.3 Å². The fourth-order valence-corrected chi connectivity index (χ4v) is 6.03. The van der Waals surface area contributed by atoms with E-state index in [9.17, 15) is 19.2 Å². The van der Waals surface area contributed by atoms with Crippen LogP contribution in [-0.4, -0.2) is 109 Å². The maximum Gasteiger partial charge on any atom is 0.410 e. The zero-order valence-corrected chi connectivity index (χ0v) is 35.9. The third-order valence-electron chi connectivity index (χ3n) is 8.56. The molecule has 0 saturated carbocycles. The van der Waals surface area contributed by atoms with Gasteiger partial charge in [0, 0.05) is 56.0 Å². The molecule has 2 aliphatic heterocycles. The molecule has 55 heavy (non-hydrogen) atoms. The summed E-state index contributed by atoms with van der Waals surface area (Å²) in [6.45, 7) is 17.4. The number of carbonyl (C=O) groups excluding carboxylic acids is 4. The molecule has 2 aromatic heterocycles. The second kappa shape index (κ2) is 22.4. The third kappa shape index (κ3) is 16.6. The van der Waals surface area contributed by atoms with Crippen molar-refractivity contribution in [2.24, 2.45) is 11.3 Å². The average molecular weight is 838 g/mol. The number of hydrogen-bond acceptors (Lipinski definition) is 12. The van der Waals surface area contributed by atoms with Crippen molar-refractivity contribution in [1.82, 2.24) is 19.8 Å². The molecule has 4 rings (SSSR count). The number of methoxy groups -OCH3 is 2. The van der Waals surface area contributed by atoms with Gasteiger partial charge < -0.3 is 38.2 Å². The van der Waals surface area contributed by atoms with Crippen molar-refractivity contribution in [2.45, 2.75) is 104 Å². The highest BCUT2D eigenvalue weighted by Crippen LogP contribution is 2.37. The van der Waals surface area contributed by atoms with Gasteiger partial charge in [0.05, 0.1) is 38.8 Å². The highest BCUT2D eigenvalue weighted by Gasteiger charge is 2.44. The molecule has 0 spiro atoms. The first-order valence-electron chi connectivity index (χ1n) is 18.7. The molecule has 0 atom stereocenters. The zero-order chi connectivity index (χ0) is 41.2. The Kier molecular flexibility index (Phi) is 19.2. The lowest BCUT2D eigenvalue weighted by Gasteiger charge is -2.40. The molecule has 0 radical (unpaired) electrons. The molecule has 2 amide bonds. The quantitative estimate of drug-likeness (QED) is 0.140. The van der Waals surface area contributed by atoms with Gasteiger partial charge in [0.15, 0.2) is 0 Å². The number of halogens is 1. The van der Waals surface area contributed by atoms with Crippen molar-refractivity contribution in [3.8, 4) is 11.8 Å². The Morgan fingerprint density at radius 2 is 1.18 bits per heavy atom. The normalized spacial score (nSPS) is 15.5. The van der Waals surface area contributed by atoms with Crippen LogP contribution in [0.1, 0.15) is 92.2 Å². The number of hydrogen-bond donors (Lipinski definition) is 0. The van der Waals surface area contributed by atoms with Crippen molar-refractivity contribution in [3.63, 3.8) is 0 Å². The number of piperidine rings is 2. The van der Waals surface area contributed by atoms with Crippen molar-refractivity contribution >= 4 is 40.1 Å². The van der Waals surface area contributed by atoms with Crippen LogP contribution in [0.3, 0.4) is 0 Å². The van der Waals surface area contributed by atoms with E-state index in [-0.39, 0.29) is 30.0 Å². The van der Waals surface area contributed by atoms with Gasteiger partial charge in [-0.25, -0.2) is 19.6 Å². The fourth-order valence-electron chi connectivity index (χ4n) is 5.70. The third-order valence-corrected chi connectivity index (χ3v) is 9.21. The molecule has 15 heteroatoms. The Morgan fingerprint density at radius 1 is 0.727 bits per heavy atom. The van der Waals surface area contributed by atoms with Gasteiger partial charge in [0.1, 0.15) is 11.2 Å². The molecule has 4 heterocycles. The molecule has 0 N–H and O–H groups in total. The summed E-state index contributed by atoms with van der Waals surface area (Å²) in [5.74, 6) is 0.739. The van der Waals surface area contributed by atoms with Crippen LogP contribution in [0.25, 0.3) is 0 Å². The van der Waals surface area contributed by atoms with Crippen LogP contribution in [0.15, 0.2) is 36.7 Å². The molecule has 2 aromatic rings. The number of likely N-dealkylation sites (tertiary alicyclic amines) is 2. The topological polar surface area (TPSA) is 156 Å². The van der Waals surface area contributed by atoms with E-state index in [1.165, 1.54) is 0 Å². The lowest BCUT2D eigenvalue weighted by Crippen LogP contribution is -2.49. The predicted octanol–water partition coefficient (Wildman–Crippen LogP) is 7.39. The number of esters is 2. The predicted molar refractivity (Wildman–Crippen MR) is 211 cm³/mol. The van der Waals surface area contributed by atoms with Crippen LogP contribution in [-0.2, 0) is 40.3 Å². The first-order valence-corrected chi connectivity index (χ1v) is 19.8. The van der Waals surface area contributed by atoms with Gasteiger partial charge in [-0.15, -0.1) is 0 Å². The number of nitrogens with zero attached hydrogens (tertiary/aromatic N) is 4. The van der Waals surface area contributed by atoms with Crippen molar-refractivity contribution in [1.29, 1.82) is 0 Å². The summed E-state index contributed by atoms with van der Waals surface area (Å²) >= 11 is 3.32. The number of ether oxygens (including phenoxy) is 6. The molecule has 0 aliphatic carbocycles. The van der Waals surface area contributed by atoms with E-state index in [2.05, 4.69) is 25.9 Å². The van der Waals surface area contributed by atoms with Crippen LogP contribution in [0.5, 0.6) is 11.8 Å². The molecule has 2 saturated heterocycles. The van der Waals surface area contributed by atoms with Gasteiger partial charge in [-0.1, -0.05) is 28.1 Å². The minimum Gasteiger partial charge on any atom is -0.481 e. The Morgan fingerprint density at radius 3 is 1.56 bits per heavy atom. The molecule has 0 aromatic carbocycles. The van der Waals surface area contributed by atoms with E-state index >= 15 is 0 Å². The molecule has 0 unspecified atom stereocenters. The van der Waals surface area contributed by atoms with Gasteiger partial charge in [-0.2, -0.15) is 0 Å². The van der Waals surface area contributed by atoms with E-state index in [0.717, 1.165) is 16.5 Å². The monoisotopic (exact) mass is 836 g/mol. The van der Waals surface area contributed by atoms with E-state index in [4.69, 9.17) is 28.4 Å². The summed E-state index contributed by atoms with van der Waals surface area (Å²) in [7, 11) is 3.17. The minimum atomic E-state index is -0.662. The molecule has 2 aliphatic rings. The van der Waals surface area contributed by atoms with Crippen LogP contribution in [0.2, 0.25) is 0 Å². The second-order valence-corrected chi connectivity index (χ2v) is 15.8. The van der Waals surface area contributed by atoms with Crippen LogP contribution < -0.4 is 9.47 Å². The smallest absolute Gasteiger partial charge is 0.410 e. The standard InChI is InChI=1S/C20H30N2O5.C13H23NO4.C7H8BrNO/c1-6-26-17(23)20(13-15-7-8-16(25-5)21-14-15)9-11-22(12-10-20)18(24)27-19(2,3)4;1-5-17-11(15)10-6-8-14(9-7-10)12(16)18-13(2,3)4;1-10-7-3-2-6(4-8)5-9-7/h7-8,14H,6,9-13H2,1-5H3;10H,5-9H2,1-4H3;2-3,5H,4H2,1H3. The highest BCUT2D eigenvalue weighted by atomic mass is 79.9. The Bertz CT molecular complexity index is 1450. The lowest BCUT2D eigenvalue weighted by molar-refractivity contribution is -0.158. The maximum atomic E-state index is 12.8. The lowest BCUT2D eigenvalue weighted by atomic mass is 9.74. The van der Waals surface area contributed by atoms with Gasteiger partial charge in [0.2, 0.25) is 11.8 Å².